The van der Waals surface area contributed by atoms with Crippen molar-refractivity contribution in [3.63, 3.8) is 0 Å². The Kier molecular flexibility index (Phi) is 17.1. The summed E-state index contributed by atoms with van der Waals surface area (Å²) in [4.78, 5) is 7.31. The SMILES string of the molecule is Cl.Clc1ccc(N2CCC23CCNCC3)cc1.FC(F)(F)c1ccccc1OCCBr.FC(F)(F)c1ccccc1OCCN1CCC2(CC1)CCN2c1ccc(Cl)cc1. The van der Waals surface area contributed by atoms with Crippen molar-refractivity contribution in [2.45, 2.75) is 62.0 Å². The van der Waals surface area contributed by atoms with E-state index in [0.717, 1.165) is 67.7 Å². The minimum atomic E-state index is -4.40. The lowest BCUT2D eigenvalue weighted by Crippen LogP contribution is -2.64. The molecule has 2 spiro atoms. The van der Waals surface area contributed by atoms with Crippen LogP contribution in [0.25, 0.3) is 0 Å². The van der Waals surface area contributed by atoms with Crippen molar-refractivity contribution < 1.29 is 35.8 Å². The standard InChI is InChI=1S/C22H24ClF3N2O.C13H17ClN2.C9H8BrF3O.ClH/c23-17-5-7-18(8-6-17)28-14-11-21(28)9-12-27(13-10-21)15-16-29-20-4-2-1-3-19(20)22(24,25)26;14-11-1-3-12(4-2-11)16-10-7-13(16)5-8-15-9-6-13;10-5-6-14-8-4-2-1-3-7(8)9(11,12)13;/h1-8H,9-16H2;1-4,15H,5-10H2;1-4H,5-6H2;1H. The van der Waals surface area contributed by atoms with Crippen LogP contribution in [0.1, 0.15) is 49.7 Å². The summed E-state index contributed by atoms with van der Waals surface area (Å²) in [5.41, 5.74) is 1.73. The normalized spacial score (nSPS) is 18.1. The lowest BCUT2D eigenvalue weighted by Gasteiger charge is -2.58. The number of piperidine rings is 2. The molecule has 4 aromatic carbocycles. The number of rotatable bonds is 9. The maximum Gasteiger partial charge on any atom is 0.419 e. The Hall–Kier alpha value is -3.07. The van der Waals surface area contributed by atoms with Gasteiger partial charge < -0.3 is 24.6 Å². The van der Waals surface area contributed by atoms with E-state index in [4.69, 9.17) is 32.7 Å². The number of benzene rings is 4. The van der Waals surface area contributed by atoms with Crippen LogP contribution >= 0.6 is 51.5 Å². The number of ether oxygens (including phenoxy) is 2. The average Bonchev–Trinajstić information content (AvgIpc) is 3.21. The number of alkyl halides is 7. The third-order valence-electron chi connectivity index (χ3n) is 11.7. The molecule has 328 valence electrons. The van der Waals surface area contributed by atoms with Crippen LogP contribution in [0.4, 0.5) is 37.7 Å². The first-order valence-electron chi connectivity index (χ1n) is 19.9. The van der Waals surface area contributed by atoms with Crippen LogP contribution in [-0.4, -0.2) is 80.3 Å². The predicted molar refractivity (Wildman–Crippen MR) is 235 cm³/mol. The molecule has 8 rings (SSSR count). The highest BCUT2D eigenvalue weighted by Gasteiger charge is 2.47. The van der Waals surface area contributed by atoms with Gasteiger partial charge in [0.2, 0.25) is 0 Å². The van der Waals surface area contributed by atoms with Gasteiger partial charge >= 0.3 is 12.4 Å². The highest BCUT2D eigenvalue weighted by molar-refractivity contribution is 9.09. The van der Waals surface area contributed by atoms with Crippen molar-refractivity contribution in [3.8, 4) is 11.5 Å². The number of nitrogens with one attached hydrogen (secondary N) is 1. The molecule has 4 saturated heterocycles. The molecule has 4 heterocycles. The lowest BCUT2D eigenvalue weighted by atomic mass is 9.76. The van der Waals surface area contributed by atoms with Gasteiger partial charge in [-0.2, -0.15) is 26.3 Å². The fraction of sp³-hybridized carbons (Fsp3) is 0.455. The van der Waals surface area contributed by atoms with Crippen LogP contribution in [-0.2, 0) is 12.4 Å². The Morgan fingerprint density at radius 3 is 1.37 bits per heavy atom. The van der Waals surface area contributed by atoms with Gasteiger partial charge in [0.1, 0.15) is 18.1 Å². The Morgan fingerprint density at radius 1 is 0.567 bits per heavy atom. The Labute approximate surface area is 373 Å². The summed E-state index contributed by atoms with van der Waals surface area (Å²) in [6, 6.07) is 26.8. The molecule has 4 aromatic rings. The van der Waals surface area contributed by atoms with E-state index in [0.29, 0.717) is 17.4 Å². The molecule has 60 heavy (non-hydrogen) atoms. The summed E-state index contributed by atoms with van der Waals surface area (Å²) in [5, 5.41) is 5.50. The second kappa shape index (κ2) is 21.3. The molecule has 0 unspecified atom stereocenters. The number of hydrogen-bond donors (Lipinski definition) is 1. The Bertz CT molecular complexity index is 1930. The smallest absolute Gasteiger partial charge is 0.419 e. The van der Waals surface area contributed by atoms with Gasteiger partial charge in [0.25, 0.3) is 0 Å². The van der Waals surface area contributed by atoms with Crippen molar-refractivity contribution in [2.24, 2.45) is 0 Å². The monoisotopic (exact) mass is 964 g/mol. The maximum atomic E-state index is 13.1. The summed E-state index contributed by atoms with van der Waals surface area (Å²) in [6.07, 6.45) is -1.59. The summed E-state index contributed by atoms with van der Waals surface area (Å²) in [5.74, 6) is -0.221. The molecule has 0 amide bonds. The molecule has 6 nitrogen and oxygen atoms in total. The molecular weight excluding hydrogens is 917 g/mol. The first-order valence-corrected chi connectivity index (χ1v) is 21.7. The van der Waals surface area contributed by atoms with Crippen molar-refractivity contribution in [1.29, 1.82) is 0 Å². The van der Waals surface area contributed by atoms with E-state index < -0.39 is 23.5 Å². The van der Waals surface area contributed by atoms with Crippen molar-refractivity contribution >= 4 is 62.9 Å². The van der Waals surface area contributed by atoms with E-state index in [-0.39, 0.29) is 42.7 Å². The van der Waals surface area contributed by atoms with E-state index in [9.17, 15) is 26.3 Å². The third-order valence-corrected chi connectivity index (χ3v) is 12.6. The minimum Gasteiger partial charge on any atom is -0.492 e. The Balaban J connectivity index is 0.000000186. The summed E-state index contributed by atoms with van der Waals surface area (Å²) in [6.45, 7) is 7.51. The zero-order valence-electron chi connectivity index (χ0n) is 33.0. The Morgan fingerprint density at radius 2 is 0.967 bits per heavy atom. The van der Waals surface area contributed by atoms with Gasteiger partial charge in [0.15, 0.2) is 0 Å². The molecule has 4 aliphatic rings. The summed E-state index contributed by atoms with van der Waals surface area (Å²) < 4.78 is 86.7. The summed E-state index contributed by atoms with van der Waals surface area (Å²) in [7, 11) is 0. The lowest BCUT2D eigenvalue weighted by molar-refractivity contribution is -0.139. The van der Waals surface area contributed by atoms with Crippen LogP contribution in [0.15, 0.2) is 97.1 Å². The van der Waals surface area contributed by atoms with Crippen LogP contribution < -0.4 is 24.6 Å². The molecule has 0 atom stereocenters. The molecule has 4 aliphatic heterocycles. The zero-order valence-corrected chi connectivity index (χ0v) is 36.9. The van der Waals surface area contributed by atoms with Gasteiger partial charge in [0, 0.05) is 70.6 Å². The van der Waals surface area contributed by atoms with Gasteiger partial charge in [-0.05, 0) is 124 Å². The second-order valence-corrected chi connectivity index (χ2v) is 16.8. The van der Waals surface area contributed by atoms with Crippen molar-refractivity contribution in [2.75, 3.05) is 74.2 Å². The van der Waals surface area contributed by atoms with Gasteiger partial charge in [0.05, 0.1) is 17.7 Å². The molecule has 16 heteroatoms. The fourth-order valence-electron chi connectivity index (χ4n) is 8.34. The fourth-order valence-corrected chi connectivity index (χ4v) is 8.75. The van der Waals surface area contributed by atoms with Crippen molar-refractivity contribution in [3.05, 3.63) is 118 Å². The zero-order chi connectivity index (χ0) is 42.1. The van der Waals surface area contributed by atoms with E-state index >= 15 is 0 Å². The molecule has 0 bridgehead atoms. The maximum absolute atomic E-state index is 13.1. The van der Waals surface area contributed by atoms with E-state index in [1.165, 1.54) is 73.9 Å². The number of likely N-dealkylation sites (tertiary alicyclic amines) is 1. The first-order chi connectivity index (χ1) is 28.2. The van der Waals surface area contributed by atoms with E-state index in [1.807, 2.05) is 24.3 Å². The van der Waals surface area contributed by atoms with Crippen molar-refractivity contribution in [1.82, 2.24) is 10.2 Å². The van der Waals surface area contributed by atoms with Crippen LogP contribution in [0.3, 0.4) is 0 Å². The number of nitrogens with zero attached hydrogens (tertiary/aromatic N) is 3. The quantitative estimate of drug-likeness (QED) is 0.133. The van der Waals surface area contributed by atoms with E-state index in [2.05, 4.69) is 60.2 Å². The molecule has 0 saturated carbocycles. The number of halogens is 10. The molecular formula is C44H50BrCl3F6N4O2. The number of hydrogen-bond acceptors (Lipinski definition) is 6. The highest BCUT2D eigenvalue weighted by Crippen LogP contribution is 2.44. The summed E-state index contributed by atoms with van der Waals surface area (Å²) >= 11 is 15.0. The van der Waals surface area contributed by atoms with Gasteiger partial charge in [-0.1, -0.05) is 63.4 Å². The van der Waals surface area contributed by atoms with Gasteiger partial charge in [-0.25, -0.2) is 0 Å². The highest BCUT2D eigenvalue weighted by atomic mass is 79.9. The van der Waals surface area contributed by atoms with Crippen LogP contribution in [0.5, 0.6) is 11.5 Å². The molecule has 4 fully saturated rings. The largest absolute Gasteiger partial charge is 0.492 e. The second-order valence-electron chi connectivity index (χ2n) is 15.2. The minimum absolute atomic E-state index is 0. The first kappa shape index (κ1) is 48.0. The number of anilines is 2. The van der Waals surface area contributed by atoms with Crippen LogP contribution in [0, 0.1) is 0 Å². The van der Waals surface area contributed by atoms with Crippen LogP contribution in [0.2, 0.25) is 10.0 Å². The topological polar surface area (TPSA) is 40.2 Å². The van der Waals surface area contributed by atoms with Gasteiger partial charge in [-0.15, -0.1) is 12.4 Å². The number of para-hydroxylation sites is 2. The predicted octanol–water partition coefficient (Wildman–Crippen LogP) is 12.1. The molecule has 0 aromatic heterocycles. The molecule has 1 N–H and O–H groups in total. The molecule has 0 radical (unpaired) electrons. The van der Waals surface area contributed by atoms with E-state index in [1.54, 1.807) is 6.07 Å². The van der Waals surface area contributed by atoms with Gasteiger partial charge in [-0.3, -0.25) is 4.90 Å². The average molecular weight is 967 g/mol. The molecule has 0 aliphatic carbocycles. The third kappa shape index (κ3) is 12.1.